The van der Waals surface area contributed by atoms with E-state index in [9.17, 15) is 13.2 Å². The number of ether oxygens (including phenoxy) is 2. The highest BCUT2D eigenvalue weighted by Gasteiger charge is 2.46. The van der Waals surface area contributed by atoms with Gasteiger partial charge in [0, 0.05) is 11.1 Å². The maximum atomic E-state index is 13.1. The zero-order chi connectivity index (χ0) is 13.0. The van der Waals surface area contributed by atoms with E-state index in [1.54, 1.807) is 0 Å². The molecule has 0 unspecified atom stereocenters. The zero-order valence-electron chi connectivity index (χ0n) is 9.51. The number of fused-ring (bicyclic) bond motifs is 1. The Morgan fingerprint density at radius 3 is 2.44 bits per heavy atom. The molecule has 1 aromatic rings. The third kappa shape index (κ3) is 1.55. The summed E-state index contributed by atoms with van der Waals surface area (Å²) in [6, 6.07) is 2.31. The minimum Gasteiger partial charge on any atom is -0.454 e. The molecule has 1 heterocycles. The molecule has 1 aliphatic heterocycles. The van der Waals surface area contributed by atoms with E-state index in [4.69, 9.17) is 15.2 Å². The zero-order valence-corrected chi connectivity index (χ0v) is 9.51. The molecular weight excluding hydrogens is 247 g/mol. The molecule has 0 bridgehead atoms. The van der Waals surface area contributed by atoms with E-state index in [0.29, 0.717) is 18.6 Å². The summed E-state index contributed by atoms with van der Waals surface area (Å²) in [6.45, 7) is -0.0558. The molecule has 0 aromatic heterocycles. The first kappa shape index (κ1) is 11.6. The second-order valence-electron chi connectivity index (χ2n) is 4.73. The van der Waals surface area contributed by atoms with E-state index in [2.05, 4.69) is 0 Å². The second kappa shape index (κ2) is 3.54. The molecule has 1 fully saturated rings. The van der Waals surface area contributed by atoms with Gasteiger partial charge in [0.15, 0.2) is 11.5 Å². The molecule has 6 heteroatoms. The summed E-state index contributed by atoms with van der Waals surface area (Å²) in [5.41, 5.74) is 4.46. The molecule has 2 aliphatic rings. The van der Waals surface area contributed by atoms with Crippen LogP contribution in [-0.4, -0.2) is 6.79 Å². The van der Waals surface area contributed by atoms with Gasteiger partial charge in [-0.25, -0.2) is 0 Å². The Kier molecular flexibility index (Phi) is 2.29. The second-order valence-corrected chi connectivity index (χ2v) is 4.73. The molecule has 0 amide bonds. The summed E-state index contributed by atoms with van der Waals surface area (Å²) in [5, 5.41) is 0. The fourth-order valence-electron chi connectivity index (χ4n) is 2.51. The van der Waals surface area contributed by atoms with Gasteiger partial charge in [-0.3, -0.25) is 0 Å². The van der Waals surface area contributed by atoms with Crippen LogP contribution < -0.4 is 15.2 Å². The van der Waals surface area contributed by atoms with Gasteiger partial charge in [-0.15, -0.1) is 0 Å². The molecule has 0 spiro atoms. The Morgan fingerprint density at radius 1 is 1.17 bits per heavy atom. The van der Waals surface area contributed by atoms with Gasteiger partial charge < -0.3 is 15.2 Å². The van der Waals surface area contributed by atoms with Gasteiger partial charge in [-0.2, -0.15) is 13.2 Å². The van der Waals surface area contributed by atoms with Gasteiger partial charge in [0.1, 0.15) is 0 Å². The summed E-state index contributed by atoms with van der Waals surface area (Å²) >= 11 is 0. The molecule has 18 heavy (non-hydrogen) atoms. The van der Waals surface area contributed by atoms with E-state index in [0.717, 1.165) is 12.5 Å². The quantitative estimate of drug-likeness (QED) is 0.843. The Hall–Kier alpha value is -1.43. The van der Waals surface area contributed by atoms with Crippen LogP contribution in [0.2, 0.25) is 0 Å². The smallest absolute Gasteiger partial charge is 0.416 e. The highest BCUT2D eigenvalue weighted by molar-refractivity contribution is 5.56. The van der Waals surface area contributed by atoms with Crippen LogP contribution in [0.3, 0.4) is 0 Å². The predicted molar refractivity (Wildman–Crippen MR) is 57.3 cm³/mol. The number of hydrogen-bond donors (Lipinski definition) is 1. The van der Waals surface area contributed by atoms with Crippen LogP contribution in [0, 0.1) is 0 Å². The van der Waals surface area contributed by atoms with Gasteiger partial charge in [-0.1, -0.05) is 0 Å². The van der Waals surface area contributed by atoms with E-state index in [-0.39, 0.29) is 18.1 Å². The first-order chi connectivity index (χ1) is 8.42. The van der Waals surface area contributed by atoms with Crippen molar-refractivity contribution in [2.24, 2.45) is 5.73 Å². The fourth-order valence-corrected chi connectivity index (χ4v) is 2.51. The Labute approximate surface area is 102 Å². The summed E-state index contributed by atoms with van der Waals surface area (Å²) in [4.78, 5) is 0. The molecule has 2 N–H and O–H groups in total. The van der Waals surface area contributed by atoms with E-state index >= 15 is 0 Å². The lowest BCUT2D eigenvalue weighted by Gasteiger charge is -2.40. The van der Waals surface area contributed by atoms with E-state index < -0.39 is 17.3 Å². The minimum absolute atomic E-state index is 0.0521. The highest BCUT2D eigenvalue weighted by Crippen LogP contribution is 2.52. The lowest BCUT2D eigenvalue weighted by molar-refractivity contribution is -0.139. The molecular formula is C12H12F3NO2. The summed E-state index contributed by atoms with van der Waals surface area (Å²) < 4.78 is 49.5. The van der Waals surface area contributed by atoms with Crippen molar-refractivity contribution in [3.63, 3.8) is 0 Å². The van der Waals surface area contributed by atoms with Gasteiger partial charge >= 0.3 is 6.18 Å². The number of rotatable bonds is 1. The van der Waals surface area contributed by atoms with Crippen LogP contribution in [0.25, 0.3) is 0 Å². The fraction of sp³-hybridized carbons (Fsp3) is 0.500. The molecule has 1 saturated carbocycles. The summed E-state index contributed by atoms with van der Waals surface area (Å²) in [7, 11) is 0. The van der Waals surface area contributed by atoms with Crippen molar-refractivity contribution in [1.82, 2.24) is 0 Å². The van der Waals surface area contributed by atoms with Crippen molar-refractivity contribution in [3.05, 3.63) is 23.3 Å². The van der Waals surface area contributed by atoms with Crippen LogP contribution >= 0.6 is 0 Å². The minimum atomic E-state index is -4.43. The molecule has 3 rings (SSSR count). The molecule has 1 aliphatic carbocycles. The maximum absolute atomic E-state index is 13.1. The van der Waals surface area contributed by atoms with Gasteiger partial charge in [0.05, 0.1) is 5.56 Å². The number of alkyl halides is 3. The molecule has 0 atom stereocenters. The number of benzene rings is 1. The van der Waals surface area contributed by atoms with Gasteiger partial charge in [-0.05, 0) is 31.4 Å². The summed E-state index contributed by atoms with van der Waals surface area (Å²) in [6.07, 6.45) is -2.53. The summed E-state index contributed by atoms with van der Waals surface area (Å²) in [5.74, 6) is 0.502. The molecule has 1 aromatic carbocycles. The van der Waals surface area contributed by atoms with Gasteiger partial charge in [0.25, 0.3) is 0 Å². The van der Waals surface area contributed by atoms with Crippen molar-refractivity contribution >= 4 is 0 Å². The number of nitrogens with two attached hydrogens (primary N) is 1. The Morgan fingerprint density at radius 2 is 1.89 bits per heavy atom. The molecule has 0 radical (unpaired) electrons. The number of halogens is 3. The largest absolute Gasteiger partial charge is 0.454 e. The lowest BCUT2D eigenvalue weighted by Crippen LogP contribution is -2.45. The van der Waals surface area contributed by atoms with Crippen LogP contribution in [0.4, 0.5) is 13.2 Å². The van der Waals surface area contributed by atoms with Crippen LogP contribution in [0.5, 0.6) is 11.5 Å². The third-order valence-corrected chi connectivity index (χ3v) is 3.59. The Bertz CT molecular complexity index is 495. The molecule has 98 valence electrons. The SMILES string of the molecule is NC1(c2c(C(F)(F)F)ccc3c2OCO3)CCC1. The standard InChI is InChI=1S/C12H12F3NO2/c13-12(14,15)7-2-3-8-10(18-6-17-8)9(7)11(16)4-1-5-11/h2-3H,1,4-6,16H2. The molecule has 0 saturated heterocycles. The first-order valence-corrected chi connectivity index (χ1v) is 5.71. The lowest BCUT2D eigenvalue weighted by atomic mass is 9.70. The van der Waals surface area contributed by atoms with Crippen molar-refractivity contribution in [3.8, 4) is 11.5 Å². The average molecular weight is 259 g/mol. The maximum Gasteiger partial charge on any atom is 0.416 e. The third-order valence-electron chi connectivity index (χ3n) is 3.59. The van der Waals surface area contributed by atoms with Crippen molar-refractivity contribution < 1.29 is 22.6 Å². The van der Waals surface area contributed by atoms with Gasteiger partial charge in [0.2, 0.25) is 6.79 Å². The normalized spacial score (nSPS) is 20.7. The topological polar surface area (TPSA) is 44.5 Å². The number of hydrogen-bond acceptors (Lipinski definition) is 3. The Balaban J connectivity index is 2.21. The predicted octanol–water partition coefficient (Wildman–Crippen LogP) is 2.77. The average Bonchev–Trinajstić information content (AvgIpc) is 2.70. The monoisotopic (exact) mass is 259 g/mol. The van der Waals surface area contributed by atoms with Crippen LogP contribution in [0.1, 0.15) is 30.4 Å². The van der Waals surface area contributed by atoms with E-state index in [1.807, 2.05) is 0 Å². The van der Waals surface area contributed by atoms with Crippen molar-refractivity contribution in [2.45, 2.75) is 31.0 Å². The van der Waals surface area contributed by atoms with Crippen molar-refractivity contribution in [2.75, 3.05) is 6.79 Å². The van der Waals surface area contributed by atoms with E-state index in [1.165, 1.54) is 6.07 Å². The van der Waals surface area contributed by atoms with Crippen LogP contribution in [0.15, 0.2) is 12.1 Å². The first-order valence-electron chi connectivity index (χ1n) is 5.71. The highest BCUT2D eigenvalue weighted by atomic mass is 19.4. The van der Waals surface area contributed by atoms with Crippen molar-refractivity contribution in [1.29, 1.82) is 0 Å². The molecule has 3 nitrogen and oxygen atoms in total. The van der Waals surface area contributed by atoms with Crippen LogP contribution in [-0.2, 0) is 11.7 Å².